The van der Waals surface area contributed by atoms with Crippen molar-refractivity contribution in [3.63, 3.8) is 0 Å². The molecule has 2 aliphatic rings. The summed E-state index contributed by atoms with van der Waals surface area (Å²) in [5, 5.41) is 3.54. The maximum absolute atomic E-state index is 5.80. The predicted molar refractivity (Wildman–Crippen MR) is 91.0 cm³/mol. The van der Waals surface area contributed by atoms with Crippen LogP contribution in [-0.4, -0.2) is 40.5 Å². The van der Waals surface area contributed by atoms with Crippen molar-refractivity contribution >= 4 is 11.8 Å². The molecule has 1 saturated heterocycles. The average Bonchev–Trinajstić information content (AvgIpc) is 3.15. The second kappa shape index (κ2) is 6.82. The van der Waals surface area contributed by atoms with E-state index in [4.69, 9.17) is 5.73 Å². The van der Waals surface area contributed by atoms with Crippen LogP contribution in [0.25, 0.3) is 0 Å². The van der Waals surface area contributed by atoms with Crippen molar-refractivity contribution in [2.24, 2.45) is 5.92 Å². The van der Waals surface area contributed by atoms with Crippen molar-refractivity contribution in [1.82, 2.24) is 14.9 Å². The Labute approximate surface area is 133 Å². The maximum Gasteiger partial charge on any atom is 0.222 e. The van der Waals surface area contributed by atoms with Gasteiger partial charge in [-0.15, -0.1) is 0 Å². The summed E-state index contributed by atoms with van der Waals surface area (Å²) in [7, 11) is 0. The van der Waals surface area contributed by atoms with Crippen molar-refractivity contribution in [1.29, 1.82) is 0 Å². The highest BCUT2D eigenvalue weighted by Gasteiger charge is 2.29. The van der Waals surface area contributed by atoms with E-state index in [0.717, 1.165) is 36.4 Å². The Morgan fingerprint density at radius 1 is 1.23 bits per heavy atom. The fourth-order valence-corrected chi connectivity index (χ4v) is 4.06. The van der Waals surface area contributed by atoms with E-state index in [1.807, 2.05) is 6.92 Å². The monoisotopic (exact) mass is 303 g/mol. The van der Waals surface area contributed by atoms with E-state index < -0.39 is 0 Å². The Bertz CT molecular complexity index is 510. The van der Waals surface area contributed by atoms with Gasteiger partial charge in [0.25, 0.3) is 0 Å². The molecule has 1 aromatic heterocycles. The summed E-state index contributed by atoms with van der Waals surface area (Å²) in [6.07, 6.45) is 7.88. The van der Waals surface area contributed by atoms with Crippen LogP contribution in [0.1, 0.15) is 50.3 Å². The van der Waals surface area contributed by atoms with Crippen molar-refractivity contribution in [3.8, 4) is 0 Å². The first kappa shape index (κ1) is 15.5. The molecule has 1 aromatic rings. The molecule has 1 aliphatic carbocycles. The van der Waals surface area contributed by atoms with E-state index >= 15 is 0 Å². The average molecular weight is 303 g/mol. The van der Waals surface area contributed by atoms with E-state index in [1.165, 1.54) is 50.8 Å². The van der Waals surface area contributed by atoms with Crippen LogP contribution in [0.2, 0.25) is 0 Å². The number of likely N-dealkylation sites (tertiary alicyclic amines) is 1. The highest BCUT2D eigenvalue weighted by Crippen LogP contribution is 2.29. The minimum atomic E-state index is 0.371. The molecule has 3 N–H and O–H groups in total. The third-order valence-corrected chi connectivity index (χ3v) is 5.30. The molecule has 1 unspecified atom stereocenters. The number of aryl methyl sites for hydroxylation is 1. The van der Waals surface area contributed by atoms with Gasteiger partial charge in [0.1, 0.15) is 5.82 Å². The lowest BCUT2D eigenvalue weighted by molar-refractivity contribution is 0.238. The summed E-state index contributed by atoms with van der Waals surface area (Å²) in [6.45, 7) is 7.65. The van der Waals surface area contributed by atoms with Crippen LogP contribution in [0.15, 0.2) is 0 Å². The van der Waals surface area contributed by atoms with Gasteiger partial charge in [0.05, 0.1) is 0 Å². The highest BCUT2D eigenvalue weighted by atomic mass is 15.2. The lowest BCUT2D eigenvalue weighted by Gasteiger charge is -2.23. The minimum absolute atomic E-state index is 0.371. The fourth-order valence-electron chi connectivity index (χ4n) is 4.06. The Balaban J connectivity index is 1.57. The standard InChI is InChI=1S/C17H29N5/c1-3-15-12(2)20-17(18)21-16(15)19-10-13-8-9-22(11-13)14-6-4-5-7-14/h13-14H,3-11H2,1-2H3,(H3,18,19,20,21). The normalized spacial score (nSPS) is 23.3. The molecule has 0 spiro atoms. The van der Waals surface area contributed by atoms with E-state index in [9.17, 15) is 0 Å². The molecular weight excluding hydrogens is 274 g/mol. The highest BCUT2D eigenvalue weighted by molar-refractivity contribution is 5.49. The van der Waals surface area contributed by atoms with E-state index in [-0.39, 0.29) is 0 Å². The topological polar surface area (TPSA) is 67.1 Å². The number of anilines is 2. The van der Waals surface area contributed by atoms with Crippen LogP contribution in [-0.2, 0) is 6.42 Å². The van der Waals surface area contributed by atoms with Crippen LogP contribution in [0.5, 0.6) is 0 Å². The molecule has 122 valence electrons. The Morgan fingerprint density at radius 2 is 2.00 bits per heavy atom. The summed E-state index contributed by atoms with van der Waals surface area (Å²) < 4.78 is 0. The van der Waals surface area contributed by atoms with Crippen molar-refractivity contribution in [3.05, 3.63) is 11.3 Å². The van der Waals surface area contributed by atoms with Crippen LogP contribution in [0.3, 0.4) is 0 Å². The molecule has 1 atom stereocenters. The zero-order valence-electron chi connectivity index (χ0n) is 13.9. The van der Waals surface area contributed by atoms with E-state index in [2.05, 4.69) is 27.1 Å². The predicted octanol–water partition coefficient (Wildman–Crippen LogP) is 2.61. The fraction of sp³-hybridized carbons (Fsp3) is 0.765. The van der Waals surface area contributed by atoms with Crippen molar-refractivity contribution in [2.45, 2.75) is 58.4 Å². The first-order valence-corrected chi connectivity index (χ1v) is 8.78. The van der Waals surface area contributed by atoms with Crippen molar-refractivity contribution < 1.29 is 0 Å². The van der Waals surface area contributed by atoms with Gasteiger partial charge in [0.2, 0.25) is 5.95 Å². The minimum Gasteiger partial charge on any atom is -0.369 e. The molecule has 2 fully saturated rings. The Hall–Kier alpha value is -1.36. The summed E-state index contributed by atoms with van der Waals surface area (Å²) in [5.41, 5.74) is 7.99. The summed E-state index contributed by atoms with van der Waals surface area (Å²) >= 11 is 0. The SMILES string of the molecule is CCc1c(C)nc(N)nc1NCC1CCN(C2CCCC2)C1. The largest absolute Gasteiger partial charge is 0.369 e. The van der Waals surface area contributed by atoms with Gasteiger partial charge in [-0.1, -0.05) is 19.8 Å². The zero-order valence-corrected chi connectivity index (χ0v) is 13.9. The quantitative estimate of drug-likeness (QED) is 0.875. The number of nitrogen functional groups attached to an aromatic ring is 1. The van der Waals surface area contributed by atoms with E-state index in [1.54, 1.807) is 0 Å². The van der Waals surface area contributed by atoms with Gasteiger partial charge in [-0.3, -0.25) is 0 Å². The van der Waals surface area contributed by atoms with Crippen LogP contribution in [0, 0.1) is 12.8 Å². The Kier molecular flexibility index (Phi) is 4.81. The molecule has 5 heteroatoms. The molecule has 2 heterocycles. The molecule has 22 heavy (non-hydrogen) atoms. The molecular formula is C17H29N5. The second-order valence-corrected chi connectivity index (χ2v) is 6.82. The van der Waals surface area contributed by atoms with Crippen molar-refractivity contribution in [2.75, 3.05) is 30.7 Å². The molecule has 0 amide bonds. The number of rotatable bonds is 5. The third-order valence-electron chi connectivity index (χ3n) is 5.30. The molecule has 0 aromatic carbocycles. The maximum atomic E-state index is 5.80. The van der Waals surface area contributed by atoms with Gasteiger partial charge < -0.3 is 16.0 Å². The first-order chi connectivity index (χ1) is 10.7. The zero-order chi connectivity index (χ0) is 15.5. The smallest absolute Gasteiger partial charge is 0.222 e. The second-order valence-electron chi connectivity index (χ2n) is 6.82. The van der Waals surface area contributed by atoms with E-state index in [0.29, 0.717) is 5.95 Å². The first-order valence-electron chi connectivity index (χ1n) is 8.78. The van der Waals surface area contributed by atoms with Crippen LogP contribution >= 0.6 is 0 Å². The van der Waals surface area contributed by atoms with Gasteiger partial charge in [-0.2, -0.15) is 4.98 Å². The van der Waals surface area contributed by atoms with Gasteiger partial charge in [0, 0.05) is 30.4 Å². The molecule has 3 rings (SSSR count). The number of nitrogens with zero attached hydrogens (tertiary/aromatic N) is 3. The number of hydrogen-bond acceptors (Lipinski definition) is 5. The summed E-state index contributed by atoms with van der Waals surface area (Å²) in [5.74, 6) is 2.03. The van der Waals surface area contributed by atoms with Gasteiger partial charge in [-0.05, 0) is 45.1 Å². The lowest BCUT2D eigenvalue weighted by Crippen LogP contribution is -2.31. The van der Waals surface area contributed by atoms with Gasteiger partial charge in [0.15, 0.2) is 0 Å². The summed E-state index contributed by atoms with van der Waals surface area (Å²) in [6, 6.07) is 0.855. The number of aromatic nitrogens is 2. The third kappa shape index (κ3) is 3.35. The molecule has 1 aliphatic heterocycles. The molecule has 1 saturated carbocycles. The van der Waals surface area contributed by atoms with Crippen LogP contribution in [0.4, 0.5) is 11.8 Å². The lowest BCUT2D eigenvalue weighted by atomic mass is 10.1. The number of hydrogen-bond donors (Lipinski definition) is 2. The number of nitrogens with two attached hydrogens (primary N) is 1. The number of nitrogens with one attached hydrogen (secondary N) is 1. The summed E-state index contributed by atoms with van der Waals surface area (Å²) in [4.78, 5) is 11.4. The van der Waals surface area contributed by atoms with Gasteiger partial charge >= 0.3 is 0 Å². The van der Waals surface area contributed by atoms with Crippen LogP contribution < -0.4 is 11.1 Å². The molecule has 5 nitrogen and oxygen atoms in total. The van der Waals surface area contributed by atoms with Gasteiger partial charge in [-0.25, -0.2) is 4.98 Å². The Morgan fingerprint density at radius 3 is 2.73 bits per heavy atom. The molecule has 0 bridgehead atoms. The molecule has 0 radical (unpaired) electrons.